The molecular weight excluding hydrogens is 426 g/mol. The van der Waals surface area contributed by atoms with Gasteiger partial charge in [-0.25, -0.2) is 15.0 Å². The molecule has 1 aromatic carbocycles. The molecule has 1 aliphatic rings. The van der Waals surface area contributed by atoms with E-state index in [1.807, 2.05) is 56.7 Å². The molecule has 0 saturated heterocycles. The maximum atomic E-state index is 13.1. The zero-order valence-corrected chi connectivity index (χ0v) is 19.0. The van der Waals surface area contributed by atoms with Gasteiger partial charge in [-0.05, 0) is 56.3 Å². The fourth-order valence-corrected chi connectivity index (χ4v) is 3.88. The Morgan fingerprint density at radius 3 is 2.47 bits per heavy atom. The van der Waals surface area contributed by atoms with Gasteiger partial charge in [0, 0.05) is 48.2 Å². The molecule has 0 atom stereocenters. The normalized spacial score (nSPS) is 13.1. The Balaban J connectivity index is 1.59. The standard InChI is InChI=1S/C26H23N7O/c1-33(2)15-16-3-8-23(29-11-16)32-25-20-9-18(19-12-30-24(10-27)31-13-19)6-7-22(20)28-14-21(25)26(34)17-4-5-17/h3,6-9,11-14,17H,4-5,15H2,1-2H3,(H,28,29,32). The van der Waals surface area contributed by atoms with Gasteiger partial charge in [0.2, 0.25) is 5.82 Å². The highest BCUT2D eigenvalue weighted by molar-refractivity contribution is 6.10. The number of rotatable bonds is 7. The van der Waals surface area contributed by atoms with E-state index in [-0.39, 0.29) is 17.5 Å². The lowest BCUT2D eigenvalue weighted by Gasteiger charge is -2.15. The summed E-state index contributed by atoms with van der Waals surface area (Å²) in [4.78, 5) is 32.5. The Bertz CT molecular complexity index is 1400. The first-order valence-corrected chi connectivity index (χ1v) is 11.1. The van der Waals surface area contributed by atoms with Gasteiger partial charge in [0.1, 0.15) is 11.9 Å². The van der Waals surface area contributed by atoms with Crippen LogP contribution in [-0.2, 0) is 6.54 Å². The summed E-state index contributed by atoms with van der Waals surface area (Å²) < 4.78 is 0. The average Bonchev–Trinajstić information content (AvgIpc) is 3.70. The van der Waals surface area contributed by atoms with Gasteiger partial charge in [-0.15, -0.1) is 0 Å². The minimum atomic E-state index is 0.0605. The van der Waals surface area contributed by atoms with Gasteiger partial charge in [0.15, 0.2) is 5.78 Å². The molecule has 34 heavy (non-hydrogen) atoms. The van der Waals surface area contributed by atoms with E-state index in [4.69, 9.17) is 5.26 Å². The smallest absolute Gasteiger partial charge is 0.232 e. The highest BCUT2D eigenvalue weighted by Crippen LogP contribution is 2.38. The Hall–Kier alpha value is -4.22. The number of ketones is 1. The number of anilines is 2. The van der Waals surface area contributed by atoms with Crippen LogP contribution < -0.4 is 5.32 Å². The lowest BCUT2D eigenvalue weighted by molar-refractivity contribution is 0.0968. The van der Waals surface area contributed by atoms with Crippen LogP contribution in [0, 0.1) is 17.2 Å². The molecule has 3 aromatic heterocycles. The minimum Gasteiger partial charge on any atom is -0.339 e. The molecule has 1 aliphatic carbocycles. The summed E-state index contributed by atoms with van der Waals surface area (Å²) in [6, 6.07) is 11.7. The number of hydrogen-bond acceptors (Lipinski definition) is 8. The van der Waals surface area contributed by atoms with Crippen molar-refractivity contribution >= 4 is 28.2 Å². The molecule has 0 amide bonds. The largest absolute Gasteiger partial charge is 0.339 e. The predicted molar refractivity (Wildman–Crippen MR) is 129 cm³/mol. The SMILES string of the molecule is CN(C)Cc1ccc(Nc2c(C(=O)C3CC3)cnc3ccc(-c4cnc(C#N)nc4)cc23)nc1. The molecule has 5 rings (SSSR count). The molecule has 1 N–H and O–H groups in total. The van der Waals surface area contributed by atoms with E-state index in [1.54, 1.807) is 18.6 Å². The predicted octanol–water partition coefficient (Wildman–Crippen LogP) is 4.36. The van der Waals surface area contributed by atoms with Gasteiger partial charge in [-0.1, -0.05) is 12.1 Å². The van der Waals surface area contributed by atoms with E-state index >= 15 is 0 Å². The third kappa shape index (κ3) is 4.47. The average molecular weight is 450 g/mol. The van der Waals surface area contributed by atoms with Crippen LogP contribution in [0.25, 0.3) is 22.0 Å². The van der Waals surface area contributed by atoms with Crippen LogP contribution in [0.15, 0.2) is 55.1 Å². The number of fused-ring (bicyclic) bond motifs is 1. The molecule has 8 heteroatoms. The van der Waals surface area contributed by atoms with Crippen LogP contribution in [0.1, 0.15) is 34.6 Å². The molecule has 0 unspecified atom stereocenters. The lowest BCUT2D eigenvalue weighted by atomic mass is 10.00. The second kappa shape index (κ2) is 8.96. The van der Waals surface area contributed by atoms with Gasteiger partial charge < -0.3 is 10.2 Å². The number of hydrogen-bond donors (Lipinski definition) is 1. The van der Waals surface area contributed by atoms with E-state index in [0.29, 0.717) is 17.1 Å². The zero-order valence-electron chi connectivity index (χ0n) is 19.0. The molecule has 4 aromatic rings. The number of nitriles is 1. The fourth-order valence-electron chi connectivity index (χ4n) is 3.88. The molecule has 168 valence electrons. The van der Waals surface area contributed by atoms with Crippen LogP contribution >= 0.6 is 0 Å². The van der Waals surface area contributed by atoms with Gasteiger partial charge in [-0.3, -0.25) is 9.78 Å². The first-order valence-electron chi connectivity index (χ1n) is 11.1. The second-order valence-electron chi connectivity index (χ2n) is 8.74. The van der Waals surface area contributed by atoms with E-state index in [2.05, 4.69) is 30.2 Å². The van der Waals surface area contributed by atoms with Crippen molar-refractivity contribution in [2.24, 2.45) is 5.92 Å². The number of carbonyl (C=O) groups excluding carboxylic acids is 1. The number of nitrogens with one attached hydrogen (secondary N) is 1. The highest BCUT2D eigenvalue weighted by atomic mass is 16.1. The Morgan fingerprint density at radius 2 is 1.82 bits per heavy atom. The number of Topliss-reactive ketones (excluding diaryl/α,β-unsaturated/α-hetero) is 1. The Kier molecular flexibility index (Phi) is 5.70. The summed E-state index contributed by atoms with van der Waals surface area (Å²) in [7, 11) is 4.03. The third-order valence-electron chi connectivity index (χ3n) is 5.74. The zero-order chi connectivity index (χ0) is 23.7. The number of nitrogens with zero attached hydrogens (tertiary/aromatic N) is 6. The van der Waals surface area contributed by atoms with E-state index in [1.165, 1.54) is 0 Å². The highest BCUT2D eigenvalue weighted by Gasteiger charge is 2.32. The van der Waals surface area contributed by atoms with Crippen LogP contribution in [0.5, 0.6) is 0 Å². The topological polar surface area (TPSA) is 108 Å². The molecule has 0 aliphatic heterocycles. The van der Waals surface area contributed by atoms with Crippen molar-refractivity contribution < 1.29 is 4.79 Å². The molecule has 1 saturated carbocycles. The van der Waals surface area contributed by atoms with Crippen molar-refractivity contribution in [2.45, 2.75) is 19.4 Å². The lowest BCUT2D eigenvalue weighted by Crippen LogP contribution is -2.11. The molecule has 8 nitrogen and oxygen atoms in total. The Labute approximate surface area is 197 Å². The first-order chi connectivity index (χ1) is 16.5. The molecule has 0 bridgehead atoms. The van der Waals surface area contributed by atoms with E-state index in [9.17, 15) is 4.79 Å². The second-order valence-corrected chi connectivity index (χ2v) is 8.74. The van der Waals surface area contributed by atoms with E-state index < -0.39 is 0 Å². The van der Waals surface area contributed by atoms with E-state index in [0.717, 1.165) is 47.0 Å². The molecular formula is C26H23N7O. The number of pyridine rings is 2. The van der Waals surface area contributed by atoms with Crippen molar-refractivity contribution in [3.63, 3.8) is 0 Å². The summed E-state index contributed by atoms with van der Waals surface area (Å²) in [6.45, 7) is 0.799. The van der Waals surface area contributed by atoms with Crippen molar-refractivity contribution in [3.05, 3.63) is 72.1 Å². The molecule has 1 fully saturated rings. The quantitative estimate of drug-likeness (QED) is 0.415. The number of aromatic nitrogens is 4. The first kappa shape index (κ1) is 21.6. The van der Waals surface area contributed by atoms with Gasteiger partial charge in [0.05, 0.1) is 16.8 Å². The van der Waals surface area contributed by atoms with Crippen LogP contribution in [0.4, 0.5) is 11.5 Å². The summed E-state index contributed by atoms with van der Waals surface area (Å²) in [5.74, 6) is 0.945. The maximum absolute atomic E-state index is 13.1. The minimum absolute atomic E-state index is 0.0605. The van der Waals surface area contributed by atoms with Crippen LogP contribution in [-0.4, -0.2) is 44.7 Å². The maximum Gasteiger partial charge on any atom is 0.232 e. The van der Waals surface area contributed by atoms with Gasteiger partial charge in [0.25, 0.3) is 0 Å². The fraction of sp³-hybridized carbons (Fsp3) is 0.231. The monoisotopic (exact) mass is 449 g/mol. The van der Waals surface area contributed by atoms with Crippen molar-refractivity contribution in [3.8, 4) is 17.2 Å². The molecule has 0 spiro atoms. The summed E-state index contributed by atoms with van der Waals surface area (Å²) in [6.07, 6.45) is 8.58. The third-order valence-corrected chi connectivity index (χ3v) is 5.74. The van der Waals surface area contributed by atoms with Crippen LogP contribution in [0.2, 0.25) is 0 Å². The van der Waals surface area contributed by atoms with Crippen molar-refractivity contribution in [1.29, 1.82) is 5.26 Å². The van der Waals surface area contributed by atoms with Gasteiger partial charge in [-0.2, -0.15) is 5.26 Å². The number of carbonyl (C=O) groups is 1. The summed E-state index contributed by atoms with van der Waals surface area (Å²) in [5.41, 5.74) is 4.78. The van der Waals surface area contributed by atoms with Crippen molar-refractivity contribution in [2.75, 3.05) is 19.4 Å². The molecule has 3 heterocycles. The van der Waals surface area contributed by atoms with Crippen molar-refractivity contribution in [1.82, 2.24) is 24.8 Å². The van der Waals surface area contributed by atoms with Crippen LogP contribution in [0.3, 0.4) is 0 Å². The summed E-state index contributed by atoms with van der Waals surface area (Å²) in [5, 5.41) is 13.2. The summed E-state index contributed by atoms with van der Waals surface area (Å²) >= 11 is 0. The Morgan fingerprint density at radius 1 is 1.03 bits per heavy atom. The molecule has 0 radical (unpaired) electrons. The van der Waals surface area contributed by atoms with Gasteiger partial charge >= 0.3 is 0 Å². The number of benzene rings is 1.